The summed E-state index contributed by atoms with van der Waals surface area (Å²) >= 11 is 0. The largest absolute Gasteiger partial charge is 0.349 e. The predicted molar refractivity (Wildman–Crippen MR) is 108 cm³/mol. The van der Waals surface area contributed by atoms with Gasteiger partial charge < -0.3 is 10.2 Å². The van der Waals surface area contributed by atoms with Crippen molar-refractivity contribution in [2.45, 2.75) is 76.8 Å². The van der Waals surface area contributed by atoms with Crippen LogP contribution in [0.1, 0.15) is 70.4 Å². The fourth-order valence-electron chi connectivity index (χ4n) is 4.52. The minimum absolute atomic E-state index is 0.0659. The number of halogens is 2. The summed E-state index contributed by atoms with van der Waals surface area (Å²) in [5.74, 6) is -2.17. The van der Waals surface area contributed by atoms with Gasteiger partial charge in [-0.25, -0.2) is 8.78 Å². The number of benzene rings is 1. The normalized spacial score (nSPS) is 23.9. The van der Waals surface area contributed by atoms with E-state index in [0.717, 1.165) is 31.0 Å². The Hall–Kier alpha value is -1.49. The smallest absolute Gasteiger partial charge is 0.248 e. The molecule has 3 nitrogen and oxygen atoms in total. The Morgan fingerprint density at radius 3 is 2.36 bits per heavy atom. The Morgan fingerprint density at radius 2 is 1.75 bits per heavy atom. The fourth-order valence-corrected chi connectivity index (χ4v) is 4.52. The highest BCUT2D eigenvalue weighted by atomic mass is 19.3. The van der Waals surface area contributed by atoms with Crippen molar-refractivity contribution in [1.29, 1.82) is 0 Å². The molecule has 2 atom stereocenters. The van der Waals surface area contributed by atoms with Crippen molar-refractivity contribution in [2.75, 3.05) is 13.1 Å². The number of carbonyl (C=O) groups excluding carboxylic acids is 1. The van der Waals surface area contributed by atoms with Crippen LogP contribution in [0.2, 0.25) is 0 Å². The summed E-state index contributed by atoms with van der Waals surface area (Å²) in [7, 11) is 0. The molecule has 1 saturated carbocycles. The van der Waals surface area contributed by atoms with E-state index in [-0.39, 0.29) is 43.6 Å². The zero-order chi connectivity index (χ0) is 20.1. The number of hydrogen-bond acceptors (Lipinski definition) is 2. The molecule has 3 rings (SSSR count). The minimum Gasteiger partial charge on any atom is -0.349 e. The number of nitrogens with one attached hydrogen (secondary N) is 1. The van der Waals surface area contributed by atoms with E-state index < -0.39 is 5.92 Å². The molecule has 1 saturated heterocycles. The van der Waals surface area contributed by atoms with Gasteiger partial charge in [-0.1, -0.05) is 37.3 Å². The van der Waals surface area contributed by atoms with Crippen molar-refractivity contribution in [3.63, 3.8) is 0 Å². The van der Waals surface area contributed by atoms with Gasteiger partial charge in [0.15, 0.2) is 0 Å². The third-order valence-corrected chi connectivity index (χ3v) is 6.62. The van der Waals surface area contributed by atoms with Crippen molar-refractivity contribution in [1.82, 2.24) is 10.2 Å². The van der Waals surface area contributed by atoms with Crippen molar-refractivity contribution in [3.8, 4) is 0 Å². The number of carbonyl (C=O) groups is 1. The van der Waals surface area contributed by atoms with E-state index in [9.17, 15) is 13.6 Å². The summed E-state index contributed by atoms with van der Waals surface area (Å²) in [6.07, 6.45) is 3.49. The van der Waals surface area contributed by atoms with Crippen LogP contribution in [0.15, 0.2) is 30.3 Å². The van der Waals surface area contributed by atoms with Gasteiger partial charge in [-0.05, 0) is 63.6 Å². The van der Waals surface area contributed by atoms with Crippen molar-refractivity contribution < 1.29 is 13.6 Å². The molecular weight excluding hydrogens is 358 g/mol. The molecule has 1 heterocycles. The Balaban J connectivity index is 1.63. The zero-order valence-electron chi connectivity index (χ0n) is 17.2. The minimum atomic E-state index is -2.60. The van der Waals surface area contributed by atoms with Crippen LogP contribution in [0.5, 0.6) is 0 Å². The van der Waals surface area contributed by atoms with Gasteiger partial charge in [-0.3, -0.25) is 4.79 Å². The van der Waals surface area contributed by atoms with Gasteiger partial charge in [0.25, 0.3) is 0 Å². The summed E-state index contributed by atoms with van der Waals surface area (Å²) in [4.78, 5) is 15.3. The molecule has 0 spiro atoms. The molecule has 1 aliphatic heterocycles. The molecule has 1 aliphatic carbocycles. The fraction of sp³-hybridized carbons (Fsp3) is 0.696. The topological polar surface area (TPSA) is 32.3 Å². The van der Waals surface area contributed by atoms with Gasteiger partial charge in [-0.2, -0.15) is 0 Å². The maximum atomic E-state index is 13.4. The highest BCUT2D eigenvalue weighted by Gasteiger charge is 2.38. The van der Waals surface area contributed by atoms with Crippen LogP contribution in [0, 0.1) is 11.8 Å². The van der Waals surface area contributed by atoms with Gasteiger partial charge in [-0.15, -0.1) is 0 Å². The van der Waals surface area contributed by atoms with Gasteiger partial charge in [0, 0.05) is 24.8 Å². The van der Waals surface area contributed by atoms with Gasteiger partial charge >= 0.3 is 0 Å². The van der Waals surface area contributed by atoms with Crippen LogP contribution < -0.4 is 5.32 Å². The van der Waals surface area contributed by atoms with Crippen LogP contribution in [-0.4, -0.2) is 35.9 Å². The second-order valence-electron chi connectivity index (χ2n) is 8.91. The molecule has 156 valence electrons. The van der Waals surface area contributed by atoms with Crippen LogP contribution in [0.25, 0.3) is 0 Å². The first kappa shape index (κ1) is 21.2. The first-order chi connectivity index (χ1) is 13.3. The van der Waals surface area contributed by atoms with E-state index in [1.54, 1.807) is 0 Å². The van der Waals surface area contributed by atoms with Crippen molar-refractivity contribution in [3.05, 3.63) is 35.9 Å². The molecule has 28 heavy (non-hydrogen) atoms. The molecule has 2 fully saturated rings. The predicted octanol–water partition coefficient (Wildman–Crippen LogP) is 5.18. The molecule has 1 N–H and O–H groups in total. The molecular formula is C23H34F2N2O. The second-order valence-corrected chi connectivity index (χ2v) is 8.91. The molecule has 0 bridgehead atoms. The van der Waals surface area contributed by atoms with E-state index in [4.69, 9.17) is 0 Å². The molecule has 1 aromatic rings. The number of amides is 1. The second kappa shape index (κ2) is 9.34. The van der Waals surface area contributed by atoms with Crippen LogP contribution >= 0.6 is 0 Å². The number of hydrogen-bond donors (Lipinski definition) is 1. The molecule has 1 unspecified atom stereocenters. The quantitative estimate of drug-likeness (QED) is 0.723. The summed E-state index contributed by atoms with van der Waals surface area (Å²) in [6.45, 7) is 6.76. The highest BCUT2D eigenvalue weighted by Crippen LogP contribution is 2.36. The maximum Gasteiger partial charge on any atom is 0.248 e. The maximum absolute atomic E-state index is 13.4. The van der Waals surface area contributed by atoms with Crippen LogP contribution in [0.3, 0.4) is 0 Å². The molecule has 2 aliphatic rings. The van der Waals surface area contributed by atoms with E-state index in [0.29, 0.717) is 6.04 Å². The molecule has 1 amide bonds. The Labute approximate surface area is 167 Å². The first-order valence-electron chi connectivity index (χ1n) is 10.8. The van der Waals surface area contributed by atoms with Crippen LogP contribution in [0.4, 0.5) is 8.78 Å². The monoisotopic (exact) mass is 392 g/mol. The number of nitrogens with zero attached hydrogens (tertiary/aromatic N) is 1. The van der Waals surface area contributed by atoms with Crippen LogP contribution in [-0.2, 0) is 4.79 Å². The lowest BCUT2D eigenvalue weighted by Crippen LogP contribution is -2.43. The van der Waals surface area contributed by atoms with Gasteiger partial charge in [0.05, 0.1) is 6.04 Å². The number of likely N-dealkylation sites (tertiary alicyclic amines) is 1. The van der Waals surface area contributed by atoms with Gasteiger partial charge in [0.1, 0.15) is 0 Å². The zero-order valence-corrected chi connectivity index (χ0v) is 17.2. The number of rotatable bonds is 6. The lowest BCUT2D eigenvalue weighted by Gasteiger charge is -2.37. The summed E-state index contributed by atoms with van der Waals surface area (Å²) in [6, 6.07) is 10.3. The number of piperidine rings is 1. The molecule has 1 aromatic carbocycles. The Bertz CT molecular complexity index is 619. The lowest BCUT2D eigenvalue weighted by molar-refractivity contribution is -0.130. The van der Waals surface area contributed by atoms with E-state index in [2.05, 4.69) is 24.1 Å². The summed E-state index contributed by atoms with van der Waals surface area (Å²) in [5, 5.41) is 3.20. The number of alkyl halides is 2. The van der Waals surface area contributed by atoms with E-state index >= 15 is 0 Å². The molecule has 0 radical (unpaired) electrons. The summed E-state index contributed by atoms with van der Waals surface area (Å²) < 4.78 is 26.9. The summed E-state index contributed by atoms with van der Waals surface area (Å²) in [5.41, 5.74) is 1.09. The average molecular weight is 393 g/mol. The SMILES string of the molecule is CC1CCN(C(C)C[C@H](NC(=O)C2CCC(F)(F)CC2)c2ccccc2)CC1. The average Bonchev–Trinajstić information content (AvgIpc) is 2.68. The third-order valence-electron chi connectivity index (χ3n) is 6.62. The molecule has 0 aromatic heterocycles. The third kappa shape index (κ3) is 5.76. The van der Waals surface area contributed by atoms with E-state index in [1.807, 2.05) is 30.3 Å². The molecule has 5 heteroatoms. The lowest BCUT2D eigenvalue weighted by atomic mass is 9.85. The van der Waals surface area contributed by atoms with Gasteiger partial charge in [0.2, 0.25) is 11.8 Å². The Kier molecular flexibility index (Phi) is 7.08. The standard InChI is InChI=1S/C23H34F2N2O/c1-17-10-14-27(15-11-17)18(2)16-21(19-6-4-3-5-7-19)26-22(28)20-8-12-23(24,25)13-9-20/h3-7,17-18,20-21H,8-16H2,1-2H3,(H,26,28)/t18?,21-/m0/s1. The van der Waals surface area contributed by atoms with E-state index in [1.165, 1.54) is 12.8 Å². The Morgan fingerprint density at radius 1 is 1.14 bits per heavy atom. The van der Waals surface area contributed by atoms with Crippen molar-refractivity contribution >= 4 is 5.91 Å². The van der Waals surface area contributed by atoms with Crippen molar-refractivity contribution in [2.24, 2.45) is 11.8 Å². The highest BCUT2D eigenvalue weighted by molar-refractivity contribution is 5.79. The first-order valence-corrected chi connectivity index (χ1v) is 10.8.